The van der Waals surface area contributed by atoms with Crippen LogP contribution in [0.4, 0.5) is 0 Å². The van der Waals surface area contributed by atoms with Crippen LogP contribution in [0.1, 0.15) is 26.7 Å². The fourth-order valence-corrected chi connectivity index (χ4v) is 3.00. The van der Waals surface area contributed by atoms with E-state index in [0.29, 0.717) is 5.41 Å². The number of hydrogen-bond donors (Lipinski definition) is 0. The Morgan fingerprint density at radius 1 is 1.46 bits per heavy atom. The molecule has 0 spiro atoms. The molecule has 0 aliphatic heterocycles. The molecule has 0 aromatic heterocycles. The predicted molar refractivity (Wildman–Crippen MR) is 54.2 cm³/mol. The van der Waals surface area contributed by atoms with Gasteiger partial charge in [-0.3, -0.25) is 0 Å². The average Bonchev–Trinajstić information content (AvgIpc) is 1.98. The second-order valence-electron chi connectivity index (χ2n) is 4.46. The van der Waals surface area contributed by atoms with Gasteiger partial charge in [-0.2, -0.15) is 0 Å². The van der Waals surface area contributed by atoms with Crippen LogP contribution in [0.15, 0.2) is 0 Å². The summed E-state index contributed by atoms with van der Waals surface area (Å²) in [5.41, 5.74) is 0.292. The summed E-state index contributed by atoms with van der Waals surface area (Å²) in [4.78, 5) is 0. The molecular formula is C8H16ClNO2S. The molecule has 0 heterocycles. The summed E-state index contributed by atoms with van der Waals surface area (Å²) in [7, 11) is -1.60. The van der Waals surface area contributed by atoms with Crippen LogP contribution >= 0.6 is 11.6 Å². The molecule has 3 nitrogen and oxygen atoms in total. The van der Waals surface area contributed by atoms with E-state index >= 15 is 0 Å². The van der Waals surface area contributed by atoms with Crippen LogP contribution in [0.5, 0.6) is 0 Å². The molecule has 1 fully saturated rings. The predicted octanol–water partition coefficient (Wildman–Crippen LogP) is 1.63. The van der Waals surface area contributed by atoms with Gasteiger partial charge in [0, 0.05) is 13.1 Å². The second-order valence-corrected chi connectivity index (χ2v) is 7.08. The molecule has 0 saturated heterocycles. The smallest absolute Gasteiger partial charge is 0.211 e. The Morgan fingerprint density at radius 3 is 2.23 bits per heavy atom. The van der Waals surface area contributed by atoms with E-state index in [1.54, 1.807) is 7.05 Å². The van der Waals surface area contributed by atoms with Crippen LogP contribution in [0.25, 0.3) is 0 Å². The number of nitrogens with zero attached hydrogens (tertiary/aromatic N) is 1. The molecule has 0 atom stereocenters. The lowest BCUT2D eigenvalue weighted by Gasteiger charge is -2.46. The lowest BCUT2D eigenvalue weighted by Crippen LogP contribution is -2.49. The maximum atomic E-state index is 11.3. The van der Waals surface area contributed by atoms with Gasteiger partial charge in [0.1, 0.15) is 5.21 Å². The van der Waals surface area contributed by atoms with Crippen molar-refractivity contribution >= 4 is 21.6 Å². The highest BCUT2D eigenvalue weighted by molar-refractivity contribution is 7.90. The van der Waals surface area contributed by atoms with E-state index in [9.17, 15) is 8.42 Å². The van der Waals surface area contributed by atoms with Crippen molar-refractivity contribution in [2.45, 2.75) is 32.7 Å². The zero-order valence-corrected chi connectivity index (χ0v) is 9.82. The minimum Gasteiger partial charge on any atom is -0.211 e. The molecular weight excluding hydrogens is 210 g/mol. The fourth-order valence-electron chi connectivity index (χ4n) is 1.78. The summed E-state index contributed by atoms with van der Waals surface area (Å²) in [5.74, 6) is 0. The van der Waals surface area contributed by atoms with Crippen molar-refractivity contribution in [2.24, 2.45) is 5.41 Å². The summed E-state index contributed by atoms with van der Waals surface area (Å²) in [6.45, 7) is 4.29. The van der Waals surface area contributed by atoms with Crippen LogP contribution in [0, 0.1) is 5.41 Å². The summed E-state index contributed by atoms with van der Waals surface area (Å²) in [5, 5.41) is -0.319. The third-order valence-corrected chi connectivity index (χ3v) is 4.95. The van der Waals surface area contributed by atoms with Gasteiger partial charge in [-0.15, -0.1) is 11.6 Å². The topological polar surface area (TPSA) is 37.4 Å². The first-order chi connectivity index (χ1) is 5.78. The largest absolute Gasteiger partial charge is 0.228 e. The third-order valence-electron chi connectivity index (χ3n) is 2.67. The molecule has 78 valence electrons. The highest BCUT2D eigenvalue weighted by Gasteiger charge is 2.41. The molecule has 13 heavy (non-hydrogen) atoms. The van der Waals surface area contributed by atoms with Gasteiger partial charge in [-0.1, -0.05) is 13.8 Å². The maximum absolute atomic E-state index is 11.3. The lowest BCUT2D eigenvalue weighted by molar-refractivity contribution is 0.0860. The Kier molecular flexibility index (Phi) is 2.95. The van der Waals surface area contributed by atoms with E-state index in [4.69, 9.17) is 11.6 Å². The van der Waals surface area contributed by atoms with Gasteiger partial charge >= 0.3 is 0 Å². The van der Waals surface area contributed by atoms with E-state index in [1.807, 2.05) is 0 Å². The van der Waals surface area contributed by atoms with Gasteiger partial charge in [0.15, 0.2) is 0 Å². The van der Waals surface area contributed by atoms with Gasteiger partial charge < -0.3 is 0 Å². The Hall–Kier alpha value is 0.200. The van der Waals surface area contributed by atoms with E-state index < -0.39 is 10.0 Å². The highest BCUT2D eigenvalue weighted by Crippen LogP contribution is 2.43. The molecule has 1 aliphatic rings. The molecule has 0 bridgehead atoms. The van der Waals surface area contributed by atoms with Crippen LogP contribution < -0.4 is 0 Å². The molecule has 5 heteroatoms. The number of rotatable bonds is 3. The molecule has 1 rings (SSSR count). The summed E-state index contributed by atoms with van der Waals surface area (Å²) >= 11 is 5.35. The van der Waals surface area contributed by atoms with Crippen molar-refractivity contribution in [1.82, 2.24) is 4.31 Å². The van der Waals surface area contributed by atoms with E-state index in [2.05, 4.69) is 13.8 Å². The number of hydrogen-bond acceptors (Lipinski definition) is 2. The van der Waals surface area contributed by atoms with Gasteiger partial charge in [0.25, 0.3) is 0 Å². The van der Waals surface area contributed by atoms with Crippen molar-refractivity contribution in [2.75, 3.05) is 12.3 Å². The van der Waals surface area contributed by atoms with Crippen molar-refractivity contribution in [3.8, 4) is 0 Å². The van der Waals surface area contributed by atoms with E-state index in [0.717, 1.165) is 12.8 Å². The maximum Gasteiger partial charge on any atom is 0.228 e. The number of sulfonamides is 1. The molecule has 0 amide bonds. The highest BCUT2D eigenvalue weighted by atomic mass is 35.5. The molecule has 0 aromatic carbocycles. The third kappa shape index (κ3) is 2.36. The Morgan fingerprint density at radius 2 is 1.92 bits per heavy atom. The zero-order valence-electron chi connectivity index (χ0n) is 8.25. The first-order valence-corrected chi connectivity index (χ1v) is 6.44. The summed E-state index contributed by atoms with van der Waals surface area (Å²) < 4.78 is 24.1. The SMILES string of the molecule is CN(C1CC(C)(C)C1)S(=O)(=O)CCl. The van der Waals surface area contributed by atoms with Gasteiger partial charge in [-0.05, 0) is 18.3 Å². The van der Waals surface area contributed by atoms with Crippen molar-refractivity contribution in [3.63, 3.8) is 0 Å². The van der Waals surface area contributed by atoms with Crippen LogP contribution in [-0.2, 0) is 10.0 Å². The Bertz CT molecular complexity index is 279. The van der Waals surface area contributed by atoms with E-state index in [-0.39, 0.29) is 11.3 Å². The second kappa shape index (κ2) is 3.41. The quantitative estimate of drug-likeness (QED) is 0.685. The van der Waals surface area contributed by atoms with Crippen molar-refractivity contribution in [3.05, 3.63) is 0 Å². The number of halogens is 1. The Balaban J connectivity index is 2.58. The van der Waals surface area contributed by atoms with Crippen molar-refractivity contribution < 1.29 is 8.42 Å². The van der Waals surface area contributed by atoms with Crippen molar-refractivity contribution in [1.29, 1.82) is 0 Å². The van der Waals surface area contributed by atoms with E-state index in [1.165, 1.54) is 4.31 Å². The van der Waals surface area contributed by atoms with Crippen LogP contribution in [-0.4, -0.2) is 31.0 Å². The summed E-state index contributed by atoms with van der Waals surface area (Å²) in [6, 6.07) is 0.152. The zero-order chi connectivity index (χ0) is 10.3. The van der Waals surface area contributed by atoms with Crippen LogP contribution in [0.2, 0.25) is 0 Å². The molecule has 0 unspecified atom stereocenters. The Labute approximate surface area is 85.1 Å². The first-order valence-electron chi connectivity index (χ1n) is 4.30. The summed E-state index contributed by atoms with van der Waals surface area (Å²) in [6.07, 6.45) is 1.86. The van der Waals surface area contributed by atoms with Crippen LogP contribution in [0.3, 0.4) is 0 Å². The monoisotopic (exact) mass is 225 g/mol. The molecule has 0 N–H and O–H groups in total. The molecule has 1 aliphatic carbocycles. The molecule has 0 radical (unpaired) electrons. The van der Waals surface area contributed by atoms with Gasteiger partial charge in [0.05, 0.1) is 0 Å². The fraction of sp³-hybridized carbons (Fsp3) is 1.00. The van der Waals surface area contributed by atoms with Gasteiger partial charge in [-0.25, -0.2) is 12.7 Å². The standard InChI is InChI=1S/C8H16ClNO2S/c1-8(2)4-7(5-8)10(3)13(11,12)6-9/h7H,4-6H2,1-3H3. The minimum absolute atomic E-state index is 0.152. The van der Waals surface area contributed by atoms with Gasteiger partial charge in [0.2, 0.25) is 10.0 Å². The minimum atomic E-state index is -3.21. The normalized spacial score (nSPS) is 23.2. The lowest BCUT2D eigenvalue weighted by atomic mass is 9.68. The molecule has 1 saturated carbocycles. The molecule has 0 aromatic rings. The first kappa shape index (κ1) is 11.3. The average molecular weight is 226 g/mol. The number of alkyl halides is 1.